The third kappa shape index (κ3) is 4.60. The fraction of sp³-hybridized carbons (Fsp3) is 0.381. The summed E-state index contributed by atoms with van der Waals surface area (Å²) >= 11 is 0. The summed E-state index contributed by atoms with van der Waals surface area (Å²) in [6.07, 6.45) is 2.77. The largest absolute Gasteiger partial charge is 0.489 e. The van der Waals surface area contributed by atoms with E-state index in [0.29, 0.717) is 31.6 Å². The van der Waals surface area contributed by atoms with Crippen LogP contribution in [0.4, 0.5) is 5.69 Å². The van der Waals surface area contributed by atoms with Gasteiger partial charge in [0.05, 0.1) is 18.2 Å². The fourth-order valence-corrected chi connectivity index (χ4v) is 3.16. The number of aromatic nitrogens is 1. The first-order valence-electron chi connectivity index (χ1n) is 9.33. The number of rotatable bonds is 6. The molecule has 28 heavy (non-hydrogen) atoms. The lowest BCUT2D eigenvalue weighted by molar-refractivity contribution is -0.121. The monoisotopic (exact) mass is 382 g/mol. The molecule has 3 rings (SSSR count). The molecular weight excluding hydrogens is 356 g/mol. The van der Waals surface area contributed by atoms with Crippen LogP contribution in [0, 0.1) is 0 Å². The van der Waals surface area contributed by atoms with Crippen molar-refractivity contribution in [2.24, 2.45) is 0 Å². The molecule has 7 heteroatoms. The molecule has 1 aliphatic heterocycles. The van der Waals surface area contributed by atoms with Crippen LogP contribution in [0.25, 0.3) is 0 Å². The number of carbonyl (C=O) groups excluding carboxylic acids is 2. The van der Waals surface area contributed by atoms with Gasteiger partial charge in [-0.25, -0.2) is 0 Å². The zero-order valence-corrected chi connectivity index (χ0v) is 16.5. The standard InChI is InChI=1S/C21H26N4O3/c1-24(2)21(27)15-7-8-19-18(12-15)25(3)17(14-28-19)13-20(26)23-11-9-16-6-4-5-10-22-16/h4-8,10,12,17H,9,11,13-14H2,1-3H3,(H,23,26)/t17-/m0/s1. The number of amides is 2. The van der Waals surface area contributed by atoms with Gasteiger partial charge in [-0.1, -0.05) is 6.07 Å². The van der Waals surface area contributed by atoms with Crippen LogP contribution in [-0.4, -0.2) is 62.0 Å². The summed E-state index contributed by atoms with van der Waals surface area (Å²) in [5.41, 5.74) is 2.37. The van der Waals surface area contributed by atoms with Gasteiger partial charge >= 0.3 is 0 Å². The highest BCUT2D eigenvalue weighted by Gasteiger charge is 2.27. The number of nitrogens with zero attached hydrogens (tertiary/aromatic N) is 3. The molecule has 0 saturated carbocycles. The predicted octanol–water partition coefficient (Wildman–Crippen LogP) is 1.73. The SMILES string of the molecule is CN(C)C(=O)c1ccc2c(c1)N(C)[C@@H](CC(=O)NCCc1ccccn1)CO2. The first-order valence-corrected chi connectivity index (χ1v) is 9.33. The Kier molecular flexibility index (Phi) is 6.13. The number of carbonyl (C=O) groups is 2. The Morgan fingerprint density at radius 3 is 2.82 bits per heavy atom. The Balaban J connectivity index is 1.58. The van der Waals surface area contributed by atoms with E-state index in [9.17, 15) is 9.59 Å². The third-order valence-corrected chi connectivity index (χ3v) is 4.82. The van der Waals surface area contributed by atoms with Gasteiger partial charge < -0.3 is 19.9 Å². The van der Waals surface area contributed by atoms with Gasteiger partial charge in [0.2, 0.25) is 5.91 Å². The lowest BCUT2D eigenvalue weighted by Gasteiger charge is -2.35. The molecule has 1 aliphatic rings. The number of anilines is 1. The maximum Gasteiger partial charge on any atom is 0.253 e. The van der Waals surface area contributed by atoms with Gasteiger partial charge in [0.15, 0.2) is 0 Å². The summed E-state index contributed by atoms with van der Waals surface area (Å²) in [5, 5.41) is 2.95. The van der Waals surface area contributed by atoms with Gasteiger partial charge in [0.1, 0.15) is 12.4 Å². The van der Waals surface area contributed by atoms with Gasteiger partial charge in [-0.15, -0.1) is 0 Å². The smallest absolute Gasteiger partial charge is 0.253 e. The van der Waals surface area contributed by atoms with Crippen LogP contribution < -0.4 is 15.0 Å². The highest BCUT2D eigenvalue weighted by Crippen LogP contribution is 2.34. The van der Waals surface area contributed by atoms with E-state index in [1.807, 2.05) is 42.3 Å². The molecule has 0 radical (unpaired) electrons. The number of likely N-dealkylation sites (N-methyl/N-ethyl adjacent to an activating group) is 1. The summed E-state index contributed by atoms with van der Waals surface area (Å²) in [7, 11) is 5.37. The molecule has 0 spiro atoms. The minimum absolute atomic E-state index is 0.0275. The maximum atomic E-state index is 12.3. The number of hydrogen-bond donors (Lipinski definition) is 1. The van der Waals surface area contributed by atoms with E-state index in [-0.39, 0.29) is 17.9 Å². The van der Waals surface area contributed by atoms with Gasteiger partial charge in [-0.3, -0.25) is 14.6 Å². The van der Waals surface area contributed by atoms with E-state index in [1.54, 1.807) is 26.4 Å². The van der Waals surface area contributed by atoms with Crippen molar-refractivity contribution in [2.45, 2.75) is 18.9 Å². The van der Waals surface area contributed by atoms with Crippen molar-refractivity contribution in [3.8, 4) is 5.75 Å². The number of hydrogen-bond acceptors (Lipinski definition) is 5. The molecule has 0 fully saturated rings. The second-order valence-corrected chi connectivity index (χ2v) is 7.08. The van der Waals surface area contributed by atoms with E-state index in [2.05, 4.69) is 10.3 Å². The van der Waals surface area contributed by atoms with Crippen molar-refractivity contribution in [3.05, 3.63) is 53.9 Å². The number of pyridine rings is 1. The quantitative estimate of drug-likeness (QED) is 0.824. The molecule has 148 valence electrons. The molecule has 2 aromatic rings. The average Bonchev–Trinajstić information content (AvgIpc) is 2.70. The Morgan fingerprint density at radius 1 is 1.29 bits per heavy atom. The van der Waals surface area contributed by atoms with Crippen LogP contribution in [0.15, 0.2) is 42.6 Å². The third-order valence-electron chi connectivity index (χ3n) is 4.82. The number of nitrogens with one attached hydrogen (secondary N) is 1. The van der Waals surface area contributed by atoms with Crippen LogP contribution in [0.3, 0.4) is 0 Å². The van der Waals surface area contributed by atoms with E-state index in [4.69, 9.17) is 4.74 Å². The van der Waals surface area contributed by atoms with Crippen molar-refractivity contribution < 1.29 is 14.3 Å². The van der Waals surface area contributed by atoms with E-state index in [1.165, 1.54) is 4.90 Å². The summed E-state index contributed by atoms with van der Waals surface area (Å²) < 4.78 is 5.82. The molecule has 7 nitrogen and oxygen atoms in total. The minimum atomic E-state index is -0.0907. The highest BCUT2D eigenvalue weighted by molar-refractivity contribution is 5.95. The molecular formula is C21H26N4O3. The fourth-order valence-electron chi connectivity index (χ4n) is 3.16. The molecule has 1 aromatic carbocycles. The van der Waals surface area contributed by atoms with Gasteiger partial charge in [0.25, 0.3) is 5.91 Å². The van der Waals surface area contributed by atoms with E-state index in [0.717, 1.165) is 17.1 Å². The van der Waals surface area contributed by atoms with Crippen molar-refractivity contribution in [1.82, 2.24) is 15.2 Å². The normalized spacial score (nSPS) is 15.4. The molecule has 0 saturated heterocycles. The van der Waals surface area contributed by atoms with Crippen LogP contribution in [0.1, 0.15) is 22.5 Å². The molecule has 1 N–H and O–H groups in total. The molecule has 2 amide bonds. The van der Waals surface area contributed by atoms with Crippen LogP contribution in [0.2, 0.25) is 0 Å². The highest BCUT2D eigenvalue weighted by atomic mass is 16.5. The lowest BCUT2D eigenvalue weighted by Crippen LogP contribution is -2.44. The Hall–Kier alpha value is -3.09. The minimum Gasteiger partial charge on any atom is -0.489 e. The van der Waals surface area contributed by atoms with Crippen molar-refractivity contribution in [2.75, 3.05) is 39.2 Å². The molecule has 0 aliphatic carbocycles. The van der Waals surface area contributed by atoms with Crippen molar-refractivity contribution in [1.29, 1.82) is 0 Å². The van der Waals surface area contributed by atoms with Crippen molar-refractivity contribution >= 4 is 17.5 Å². The second kappa shape index (κ2) is 8.73. The molecule has 1 atom stereocenters. The Labute approximate surface area is 165 Å². The summed E-state index contributed by atoms with van der Waals surface area (Å²) in [4.78, 5) is 32.4. The Bertz CT molecular complexity index is 839. The Morgan fingerprint density at radius 2 is 2.11 bits per heavy atom. The van der Waals surface area contributed by atoms with Crippen LogP contribution in [0.5, 0.6) is 5.75 Å². The van der Waals surface area contributed by atoms with Crippen LogP contribution >= 0.6 is 0 Å². The first kappa shape index (κ1) is 19.7. The van der Waals surface area contributed by atoms with E-state index < -0.39 is 0 Å². The summed E-state index contributed by atoms with van der Waals surface area (Å²) in [6.45, 7) is 0.976. The molecule has 0 bridgehead atoms. The van der Waals surface area contributed by atoms with E-state index >= 15 is 0 Å². The van der Waals surface area contributed by atoms with Gasteiger partial charge in [-0.2, -0.15) is 0 Å². The van der Waals surface area contributed by atoms with Crippen molar-refractivity contribution in [3.63, 3.8) is 0 Å². The number of benzene rings is 1. The zero-order valence-electron chi connectivity index (χ0n) is 16.5. The van der Waals surface area contributed by atoms with Gasteiger partial charge in [0, 0.05) is 51.6 Å². The number of fused-ring (bicyclic) bond motifs is 1. The number of ether oxygens (including phenoxy) is 1. The molecule has 2 heterocycles. The second-order valence-electron chi connectivity index (χ2n) is 7.08. The molecule has 1 aromatic heterocycles. The summed E-state index contributed by atoms with van der Waals surface area (Å²) in [6, 6.07) is 11.1. The topological polar surface area (TPSA) is 74.8 Å². The average molecular weight is 382 g/mol. The zero-order chi connectivity index (χ0) is 20.1. The predicted molar refractivity (Wildman–Crippen MR) is 108 cm³/mol. The van der Waals surface area contributed by atoms with Crippen LogP contribution in [-0.2, 0) is 11.2 Å². The first-order chi connectivity index (χ1) is 13.5. The summed E-state index contributed by atoms with van der Waals surface area (Å²) in [5.74, 6) is 0.635. The maximum absolute atomic E-state index is 12.3. The lowest BCUT2D eigenvalue weighted by atomic mass is 10.1. The van der Waals surface area contributed by atoms with Gasteiger partial charge in [-0.05, 0) is 30.3 Å². The molecule has 0 unspecified atom stereocenters.